The molecule has 1 amide bonds. The van der Waals surface area contributed by atoms with E-state index < -0.39 is 0 Å². The van der Waals surface area contributed by atoms with Crippen LogP contribution in [0.2, 0.25) is 0 Å². The van der Waals surface area contributed by atoms with Crippen LogP contribution < -0.4 is 10.6 Å². The number of nitrogens with zero attached hydrogens (tertiary/aromatic N) is 6. The number of aromatic nitrogens is 8. The summed E-state index contributed by atoms with van der Waals surface area (Å²) in [6.45, 7) is 1.94. The Kier molecular flexibility index (Phi) is 6.17. The lowest BCUT2D eigenvalue weighted by Gasteiger charge is -2.21. The Hall–Kier alpha value is -5.03. The van der Waals surface area contributed by atoms with Crippen molar-refractivity contribution in [1.82, 2.24) is 45.4 Å². The van der Waals surface area contributed by atoms with E-state index in [1.807, 2.05) is 36.4 Å². The molecule has 0 saturated carbocycles. The molecule has 11 nitrogen and oxygen atoms in total. The summed E-state index contributed by atoms with van der Waals surface area (Å²) in [6, 6.07) is 11.4. The summed E-state index contributed by atoms with van der Waals surface area (Å²) in [6.07, 6.45) is 11.2. The predicted octanol–water partition coefficient (Wildman–Crippen LogP) is 4.35. The van der Waals surface area contributed by atoms with Gasteiger partial charge >= 0.3 is 0 Å². The number of nitrogens with one attached hydrogen (secondary N) is 4. The fourth-order valence-corrected chi connectivity index (χ4v) is 5.20. The van der Waals surface area contributed by atoms with Crippen molar-refractivity contribution >= 4 is 33.7 Å². The van der Waals surface area contributed by atoms with E-state index in [-0.39, 0.29) is 5.91 Å². The summed E-state index contributed by atoms with van der Waals surface area (Å²) in [5, 5.41) is 13.9. The van der Waals surface area contributed by atoms with Crippen LogP contribution >= 0.6 is 0 Å². The number of aromatic amines is 2. The molecule has 1 saturated heterocycles. The van der Waals surface area contributed by atoms with Gasteiger partial charge in [0.25, 0.3) is 0 Å². The second-order valence-electron chi connectivity index (χ2n) is 9.95. The Labute approximate surface area is 228 Å². The van der Waals surface area contributed by atoms with Crippen LogP contribution in [0.4, 0.5) is 5.69 Å². The standard InChI is InChI=1S/C29H26N10O/c40-24(13-17-3-8-30-9-4-17)34-20-14-19(15-32-16-20)21-1-2-23-27(35-21)28(39-38-23)29-36-22-7-12-33-25(26(22)37-29)18-5-10-31-11-6-18/h1-2,5-7,10-12,14-17,30H,3-4,8-9,13H2,(H,34,40)(H,36,37)(H,38,39). The van der Waals surface area contributed by atoms with E-state index in [1.165, 1.54) is 0 Å². The summed E-state index contributed by atoms with van der Waals surface area (Å²) >= 11 is 0. The van der Waals surface area contributed by atoms with E-state index in [4.69, 9.17) is 9.97 Å². The number of carbonyl (C=O) groups is 1. The maximum absolute atomic E-state index is 12.7. The first-order valence-electron chi connectivity index (χ1n) is 13.3. The zero-order valence-corrected chi connectivity index (χ0v) is 21.6. The lowest BCUT2D eigenvalue weighted by Crippen LogP contribution is -2.30. The summed E-state index contributed by atoms with van der Waals surface area (Å²) in [7, 11) is 0. The molecule has 1 aliphatic rings. The van der Waals surface area contributed by atoms with Crippen molar-refractivity contribution in [2.45, 2.75) is 19.3 Å². The minimum absolute atomic E-state index is 0.0110. The Morgan fingerprint density at radius 3 is 2.60 bits per heavy atom. The number of carbonyl (C=O) groups excluding carboxylic acids is 1. The molecule has 4 N–H and O–H groups in total. The van der Waals surface area contributed by atoms with Crippen LogP contribution in [0.3, 0.4) is 0 Å². The zero-order valence-electron chi connectivity index (χ0n) is 21.6. The number of fused-ring (bicyclic) bond motifs is 2. The first-order chi connectivity index (χ1) is 19.7. The minimum Gasteiger partial charge on any atom is -0.336 e. The molecule has 0 atom stereocenters. The highest BCUT2D eigenvalue weighted by molar-refractivity contribution is 5.95. The smallest absolute Gasteiger partial charge is 0.224 e. The van der Waals surface area contributed by atoms with Crippen LogP contribution in [0.5, 0.6) is 0 Å². The molecule has 6 aromatic heterocycles. The highest BCUT2D eigenvalue weighted by atomic mass is 16.1. The quantitative estimate of drug-likeness (QED) is 0.248. The van der Waals surface area contributed by atoms with Gasteiger partial charge in [0.15, 0.2) is 11.5 Å². The Bertz CT molecular complexity index is 1820. The fourth-order valence-electron chi connectivity index (χ4n) is 5.20. The fraction of sp³-hybridized carbons (Fsp3) is 0.207. The molecule has 7 rings (SSSR count). The van der Waals surface area contributed by atoms with E-state index in [1.54, 1.807) is 31.0 Å². The number of pyridine rings is 4. The van der Waals surface area contributed by atoms with Crippen molar-refractivity contribution in [1.29, 1.82) is 0 Å². The van der Waals surface area contributed by atoms with Gasteiger partial charge in [0, 0.05) is 42.3 Å². The highest BCUT2D eigenvalue weighted by Crippen LogP contribution is 2.31. The third-order valence-electron chi connectivity index (χ3n) is 7.24. The van der Waals surface area contributed by atoms with Crippen molar-refractivity contribution in [2.75, 3.05) is 18.4 Å². The van der Waals surface area contributed by atoms with Crippen molar-refractivity contribution < 1.29 is 4.79 Å². The minimum atomic E-state index is 0.0110. The van der Waals surface area contributed by atoms with E-state index >= 15 is 0 Å². The van der Waals surface area contributed by atoms with Crippen LogP contribution in [-0.4, -0.2) is 59.1 Å². The normalized spacial score (nSPS) is 14.1. The van der Waals surface area contributed by atoms with Crippen molar-refractivity contribution in [3.05, 3.63) is 67.4 Å². The number of hydrogen-bond donors (Lipinski definition) is 4. The lowest BCUT2D eigenvalue weighted by molar-refractivity contribution is -0.117. The van der Waals surface area contributed by atoms with Crippen LogP contribution in [-0.2, 0) is 4.79 Å². The predicted molar refractivity (Wildman–Crippen MR) is 152 cm³/mol. The van der Waals surface area contributed by atoms with Crippen LogP contribution in [0, 0.1) is 5.92 Å². The Morgan fingerprint density at radius 1 is 0.875 bits per heavy atom. The topological polar surface area (TPSA) is 150 Å². The first-order valence-corrected chi connectivity index (χ1v) is 13.3. The molecule has 0 unspecified atom stereocenters. The number of H-pyrrole nitrogens is 2. The van der Waals surface area contributed by atoms with Crippen LogP contribution in [0.15, 0.2) is 67.4 Å². The molecule has 6 aromatic rings. The molecular formula is C29H26N10O. The summed E-state index contributed by atoms with van der Waals surface area (Å²) in [4.78, 5) is 38.8. The molecule has 0 aliphatic carbocycles. The third kappa shape index (κ3) is 4.67. The second kappa shape index (κ2) is 10.3. The number of rotatable bonds is 6. The van der Waals surface area contributed by atoms with Gasteiger partial charge in [-0.05, 0) is 68.2 Å². The Morgan fingerprint density at radius 2 is 1.73 bits per heavy atom. The van der Waals surface area contributed by atoms with Crippen molar-refractivity contribution in [2.24, 2.45) is 5.92 Å². The molecule has 0 radical (unpaired) electrons. The largest absolute Gasteiger partial charge is 0.336 e. The third-order valence-corrected chi connectivity index (χ3v) is 7.24. The summed E-state index contributed by atoms with van der Waals surface area (Å²) in [5.74, 6) is 1.01. The maximum atomic E-state index is 12.7. The van der Waals surface area contributed by atoms with Gasteiger partial charge < -0.3 is 15.6 Å². The summed E-state index contributed by atoms with van der Waals surface area (Å²) in [5.41, 5.74) is 7.51. The lowest BCUT2D eigenvalue weighted by atomic mass is 9.94. The van der Waals surface area contributed by atoms with Gasteiger partial charge in [-0.15, -0.1) is 0 Å². The zero-order chi connectivity index (χ0) is 26.9. The first kappa shape index (κ1) is 24.0. The summed E-state index contributed by atoms with van der Waals surface area (Å²) < 4.78 is 0. The Balaban J connectivity index is 1.19. The maximum Gasteiger partial charge on any atom is 0.224 e. The van der Waals surface area contributed by atoms with Gasteiger partial charge in [0.05, 0.1) is 34.3 Å². The number of anilines is 1. The van der Waals surface area contributed by atoms with E-state index in [9.17, 15) is 4.79 Å². The molecule has 7 heterocycles. The number of hydrogen-bond acceptors (Lipinski definition) is 8. The average Bonchev–Trinajstić information content (AvgIpc) is 3.62. The molecule has 1 fully saturated rings. The van der Waals surface area contributed by atoms with Crippen LogP contribution in [0.1, 0.15) is 19.3 Å². The van der Waals surface area contributed by atoms with Crippen molar-refractivity contribution in [3.8, 4) is 34.0 Å². The van der Waals surface area contributed by atoms with Crippen LogP contribution in [0.25, 0.3) is 56.1 Å². The van der Waals surface area contributed by atoms with E-state index in [0.29, 0.717) is 40.8 Å². The van der Waals surface area contributed by atoms with E-state index in [2.05, 4.69) is 40.8 Å². The molecule has 40 heavy (non-hydrogen) atoms. The van der Waals surface area contributed by atoms with Gasteiger partial charge in [0.1, 0.15) is 11.0 Å². The van der Waals surface area contributed by atoms with Gasteiger partial charge in [-0.2, -0.15) is 5.10 Å². The van der Waals surface area contributed by atoms with Gasteiger partial charge in [0.2, 0.25) is 5.91 Å². The van der Waals surface area contributed by atoms with Gasteiger partial charge in [-0.25, -0.2) is 9.97 Å². The molecule has 0 aromatic carbocycles. The SMILES string of the molecule is O=C(CC1CCNCC1)Nc1cncc(-c2ccc3[nH]nc(-c4nc5c(-c6ccncc6)nccc5[nH]4)c3n2)c1. The van der Waals surface area contributed by atoms with Gasteiger partial charge in [-0.1, -0.05) is 0 Å². The monoisotopic (exact) mass is 530 g/mol. The number of imidazole rings is 1. The second-order valence-corrected chi connectivity index (χ2v) is 9.95. The average molecular weight is 531 g/mol. The molecule has 198 valence electrons. The molecule has 1 aliphatic heterocycles. The molecule has 11 heteroatoms. The van der Waals surface area contributed by atoms with E-state index in [0.717, 1.165) is 59.3 Å². The number of amides is 1. The molecule has 0 spiro atoms. The highest BCUT2D eigenvalue weighted by Gasteiger charge is 2.19. The molecular weight excluding hydrogens is 504 g/mol. The molecule has 0 bridgehead atoms. The number of piperidine rings is 1. The van der Waals surface area contributed by atoms with Crippen molar-refractivity contribution in [3.63, 3.8) is 0 Å². The van der Waals surface area contributed by atoms with Gasteiger partial charge in [-0.3, -0.25) is 24.8 Å².